The van der Waals surface area contributed by atoms with Gasteiger partial charge in [-0.15, -0.1) is 12.4 Å². The second-order valence-electron chi connectivity index (χ2n) is 7.31. The topological polar surface area (TPSA) is 96.5 Å². The maximum atomic E-state index is 12.6. The number of sulfonamides is 1. The van der Waals surface area contributed by atoms with Crippen molar-refractivity contribution in [3.8, 4) is 5.75 Å². The first-order valence-corrected chi connectivity index (χ1v) is 11.0. The molecule has 0 aliphatic carbocycles. The Kier molecular flexibility index (Phi) is 10.2. The van der Waals surface area contributed by atoms with E-state index in [1.54, 1.807) is 12.1 Å². The number of amides is 1. The van der Waals surface area contributed by atoms with Crippen LogP contribution in [0.4, 0.5) is 0 Å². The van der Waals surface area contributed by atoms with Crippen molar-refractivity contribution in [2.45, 2.75) is 44.0 Å². The van der Waals surface area contributed by atoms with Crippen LogP contribution in [-0.2, 0) is 14.8 Å². The third-order valence-electron chi connectivity index (χ3n) is 4.85. The summed E-state index contributed by atoms with van der Waals surface area (Å²) in [5.41, 5.74) is 0. The molecule has 1 aromatic carbocycles. The lowest BCUT2D eigenvalue weighted by molar-refractivity contribution is -0.123. The number of methoxy groups -OCH3 is 1. The number of ether oxygens (including phenoxy) is 1. The third-order valence-corrected chi connectivity index (χ3v) is 6.31. The van der Waals surface area contributed by atoms with E-state index in [9.17, 15) is 13.2 Å². The van der Waals surface area contributed by atoms with Crippen LogP contribution in [-0.4, -0.2) is 47.1 Å². The van der Waals surface area contributed by atoms with Crippen molar-refractivity contribution in [1.29, 1.82) is 0 Å². The number of piperidine rings is 1. The largest absolute Gasteiger partial charge is 0.497 e. The van der Waals surface area contributed by atoms with Gasteiger partial charge in [0.1, 0.15) is 11.8 Å². The van der Waals surface area contributed by atoms with Crippen molar-refractivity contribution in [1.82, 2.24) is 15.4 Å². The molecule has 0 saturated carbocycles. The number of hydrogen-bond acceptors (Lipinski definition) is 5. The minimum Gasteiger partial charge on any atom is -0.497 e. The van der Waals surface area contributed by atoms with Crippen LogP contribution in [0.25, 0.3) is 0 Å². The van der Waals surface area contributed by atoms with E-state index in [-0.39, 0.29) is 29.1 Å². The Bertz CT molecular complexity index is 704. The first-order valence-electron chi connectivity index (χ1n) is 9.48. The molecule has 1 aliphatic rings. The number of benzene rings is 1. The number of hydrogen-bond donors (Lipinski definition) is 3. The van der Waals surface area contributed by atoms with E-state index in [0.717, 1.165) is 25.9 Å². The van der Waals surface area contributed by atoms with Crippen molar-refractivity contribution < 1.29 is 17.9 Å². The summed E-state index contributed by atoms with van der Waals surface area (Å²) in [6.45, 7) is 6.25. The van der Waals surface area contributed by atoms with Crippen molar-refractivity contribution in [3.05, 3.63) is 24.3 Å². The molecule has 2 atom stereocenters. The summed E-state index contributed by atoms with van der Waals surface area (Å²) in [5, 5.41) is 6.25. The number of nitrogens with one attached hydrogen (secondary N) is 3. The summed E-state index contributed by atoms with van der Waals surface area (Å²) in [6, 6.07) is 5.27. The highest BCUT2D eigenvalue weighted by Gasteiger charge is 2.28. The van der Waals surface area contributed by atoms with Crippen LogP contribution in [0.5, 0.6) is 5.75 Å². The van der Waals surface area contributed by atoms with Gasteiger partial charge in [-0.25, -0.2) is 8.42 Å². The lowest BCUT2D eigenvalue weighted by Gasteiger charge is -2.24. The summed E-state index contributed by atoms with van der Waals surface area (Å²) < 4.78 is 32.9. The predicted octanol–water partition coefficient (Wildman–Crippen LogP) is 1.93. The zero-order chi connectivity index (χ0) is 19.9. The normalized spacial score (nSPS) is 18.2. The van der Waals surface area contributed by atoms with E-state index < -0.39 is 16.1 Å². The van der Waals surface area contributed by atoms with Gasteiger partial charge in [0.25, 0.3) is 0 Å². The van der Waals surface area contributed by atoms with Gasteiger partial charge in [-0.1, -0.05) is 13.8 Å². The molecule has 28 heavy (non-hydrogen) atoms. The monoisotopic (exact) mass is 433 g/mol. The molecule has 2 unspecified atom stereocenters. The number of halogens is 1. The molecule has 1 fully saturated rings. The van der Waals surface area contributed by atoms with Gasteiger partial charge in [0.05, 0.1) is 12.0 Å². The van der Waals surface area contributed by atoms with E-state index in [1.807, 2.05) is 13.8 Å². The van der Waals surface area contributed by atoms with Crippen LogP contribution in [0.1, 0.15) is 33.1 Å². The first-order chi connectivity index (χ1) is 12.8. The van der Waals surface area contributed by atoms with E-state index in [1.165, 1.54) is 25.7 Å². The highest BCUT2D eigenvalue weighted by atomic mass is 35.5. The van der Waals surface area contributed by atoms with E-state index in [0.29, 0.717) is 18.2 Å². The van der Waals surface area contributed by atoms with Crippen LogP contribution in [0, 0.1) is 11.8 Å². The second-order valence-corrected chi connectivity index (χ2v) is 9.02. The van der Waals surface area contributed by atoms with Gasteiger partial charge in [0, 0.05) is 6.54 Å². The molecule has 1 heterocycles. The average Bonchev–Trinajstić information content (AvgIpc) is 2.66. The molecule has 0 aromatic heterocycles. The minimum atomic E-state index is -3.80. The van der Waals surface area contributed by atoms with Crippen LogP contribution in [0.2, 0.25) is 0 Å². The number of carbonyl (C=O) groups is 1. The number of rotatable bonds is 9. The number of carbonyl (C=O) groups excluding carboxylic acids is 1. The van der Waals surface area contributed by atoms with Crippen LogP contribution in [0.15, 0.2) is 29.2 Å². The summed E-state index contributed by atoms with van der Waals surface area (Å²) in [6.07, 6.45) is 3.23. The molecule has 1 aromatic rings. The van der Waals surface area contributed by atoms with Gasteiger partial charge in [-0.2, -0.15) is 4.72 Å². The molecule has 7 nitrogen and oxygen atoms in total. The molecule has 1 saturated heterocycles. The standard InChI is InChI=1S/C19H31N3O4S.ClH/c1-14(2)18(19(23)21-12-10-15-5-4-11-20-13-15)22-27(24,25)17-8-6-16(26-3)7-9-17;/h6-9,14-15,18,20,22H,4-5,10-13H2,1-3H3,(H,21,23);1H. The van der Waals surface area contributed by atoms with Crippen LogP contribution in [0.3, 0.4) is 0 Å². The zero-order valence-corrected chi connectivity index (χ0v) is 18.4. The molecule has 1 aliphatic heterocycles. The Hall–Kier alpha value is -1.35. The van der Waals surface area contributed by atoms with Crippen molar-refractivity contribution in [2.75, 3.05) is 26.7 Å². The second kappa shape index (κ2) is 11.6. The molecule has 0 radical (unpaired) electrons. The fourth-order valence-electron chi connectivity index (χ4n) is 3.16. The molecular weight excluding hydrogens is 402 g/mol. The molecule has 3 N–H and O–H groups in total. The fraction of sp³-hybridized carbons (Fsp3) is 0.632. The van der Waals surface area contributed by atoms with Gasteiger partial charge in [-0.3, -0.25) is 4.79 Å². The molecule has 9 heteroatoms. The fourth-order valence-corrected chi connectivity index (χ4v) is 4.51. The van der Waals surface area contributed by atoms with Crippen molar-refractivity contribution >= 4 is 28.3 Å². The third kappa shape index (κ3) is 7.24. The van der Waals surface area contributed by atoms with E-state index >= 15 is 0 Å². The Morgan fingerprint density at radius 2 is 1.96 bits per heavy atom. The molecule has 1 amide bonds. The Labute approximate surface area is 174 Å². The maximum Gasteiger partial charge on any atom is 0.241 e. The van der Waals surface area contributed by atoms with Gasteiger partial charge in [0.2, 0.25) is 15.9 Å². The Morgan fingerprint density at radius 3 is 2.50 bits per heavy atom. The van der Waals surface area contributed by atoms with Gasteiger partial charge in [0.15, 0.2) is 0 Å². The molecule has 160 valence electrons. The van der Waals surface area contributed by atoms with E-state index in [4.69, 9.17) is 4.74 Å². The Morgan fingerprint density at radius 1 is 1.29 bits per heavy atom. The average molecular weight is 434 g/mol. The van der Waals surface area contributed by atoms with E-state index in [2.05, 4.69) is 15.4 Å². The highest BCUT2D eigenvalue weighted by molar-refractivity contribution is 7.89. The van der Waals surface area contributed by atoms with Gasteiger partial charge < -0.3 is 15.4 Å². The maximum absolute atomic E-state index is 12.6. The summed E-state index contributed by atoms with van der Waals surface area (Å²) in [7, 11) is -2.28. The van der Waals surface area contributed by atoms with Crippen LogP contribution < -0.4 is 20.1 Å². The zero-order valence-electron chi connectivity index (χ0n) is 16.7. The molecular formula is C19H32ClN3O4S. The molecule has 0 bridgehead atoms. The SMILES string of the molecule is COc1ccc(S(=O)(=O)NC(C(=O)NCCC2CCCNC2)C(C)C)cc1.Cl. The lowest BCUT2D eigenvalue weighted by Crippen LogP contribution is -2.50. The van der Waals surface area contributed by atoms with Gasteiger partial charge in [-0.05, 0) is 68.5 Å². The first kappa shape index (κ1) is 24.7. The quantitative estimate of drug-likeness (QED) is 0.553. The minimum absolute atomic E-state index is 0. The summed E-state index contributed by atoms with van der Waals surface area (Å²) in [4.78, 5) is 12.7. The Balaban J connectivity index is 0.00000392. The molecule has 0 spiro atoms. The summed E-state index contributed by atoms with van der Waals surface area (Å²) in [5.74, 6) is 0.678. The smallest absolute Gasteiger partial charge is 0.241 e. The predicted molar refractivity (Wildman–Crippen MR) is 112 cm³/mol. The summed E-state index contributed by atoms with van der Waals surface area (Å²) >= 11 is 0. The van der Waals surface area contributed by atoms with Crippen LogP contribution >= 0.6 is 12.4 Å². The highest BCUT2D eigenvalue weighted by Crippen LogP contribution is 2.17. The van der Waals surface area contributed by atoms with Crippen molar-refractivity contribution in [2.24, 2.45) is 11.8 Å². The lowest BCUT2D eigenvalue weighted by atomic mass is 9.96. The molecule has 2 rings (SSSR count). The van der Waals surface area contributed by atoms with Gasteiger partial charge >= 0.3 is 0 Å². The van der Waals surface area contributed by atoms with Crippen molar-refractivity contribution in [3.63, 3.8) is 0 Å².